The molecule has 0 bridgehead atoms. The fourth-order valence-electron chi connectivity index (χ4n) is 1.97. The quantitative estimate of drug-likeness (QED) is 0.664. The van der Waals surface area contributed by atoms with Gasteiger partial charge in [-0.1, -0.05) is 17.7 Å². The molecule has 0 heterocycles. The second-order valence-corrected chi connectivity index (χ2v) is 4.70. The minimum Gasteiger partial charge on any atom is -0.481 e. The average Bonchev–Trinajstić information content (AvgIpc) is 2.43. The van der Waals surface area contributed by atoms with Crippen molar-refractivity contribution >= 4 is 17.3 Å². The summed E-state index contributed by atoms with van der Waals surface area (Å²) in [4.78, 5) is 10.8. The highest BCUT2D eigenvalue weighted by molar-refractivity contribution is 5.75. The van der Waals surface area contributed by atoms with Gasteiger partial charge in [-0.05, 0) is 18.6 Å². The van der Waals surface area contributed by atoms with Gasteiger partial charge in [0.15, 0.2) is 23.3 Å². The number of carboxylic acids is 1. The Morgan fingerprint density at radius 2 is 1.68 bits per heavy atom. The number of hydrogen-bond donors (Lipinski definition) is 2. The summed E-state index contributed by atoms with van der Waals surface area (Å²) in [6, 6.07) is 4.56. The van der Waals surface area contributed by atoms with Crippen molar-refractivity contribution in [3.05, 3.63) is 58.7 Å². The van der Waals surface area contributed by atoms with Crippen molar-refractivity contribution in [1.29, 1.82) is 0 Å². The first-order valence-corrected chi connectivity index (χ1v) is 6.21. The summed E-state index contributed by atoms with van der Waals surface area (Å²) in [5, 5.41) is 11.1. The van der Waals surface area contributed by atoms with E-state index in [4.69, 9.17) is 5.11 Å². The molecule has 0 unspecified atom stereocenters. The predicted molar refractivity (Wildman–Crippen MR) is 72.1 cm³/mol. The third-order valence-electron chi connectivity index (χ3n) is 2.97. The summed E-state index contributed by atoms with van der Waals surface area (Å²) in [7, 11) is 0. The molecule has 2 N–H and O–H groups in total. The van der Waals surface area contributed by atoms with E-state index in [1.165, 1.54) is 12.1 Å². The van der Waals surface area contributed by atoms with Crippen LogP contribution in [0.5, 0.6) is 0 Å². The molecular formula is C15H11F4NO2. The van der Waals surface area contributed by atoms with E-state index in [0.717, 1.165) is 5.56 Å². The van der Waals surface area contributed by atoms with E-state index in [1.54, 1.807) is 13.0 Å². The van der Waals surface area contributed by atoms with Gasteiger partial charge < -0.3 is 10.4 Å². The highest BCUT2D eigenvalue weighted by Crippen LogP contribution is 2.29. The summed E-state index contributed by atoms with van der Waals surface area (Å²) < 4.78 is 53.6. The lowest BCUT2D eigenvalue weighted by Crippen LogP contribution is -2.07. The highest BCUT2D eigenvalue weighted by Gasteiger charge is 2.20. The average molecular weight is 313 g/mol. The lowest BCUT2D eigenvalue weighted by molar-refractivity contribution is -0.136. The fraction of sp³-hybridized carbons (Fsp3) is 0.133. The first-order chi connectivity index (χ1) is 10.3. The third-order valence-corrected chi connectivity index (χ3v) is 2.97. The molecule has 0 radical (unpaired) electrons. The van der Waals surface area contributed by atoms with Gasteiger partial charge in [-0.15, -0.1) is 0 Å². The molecule has 0 saturated carbocycles. The maximum absolute atomic E-state index is 13.6. The number of halogens is 4. The van der Waals surface area contributed by atoms with E-state index in [-0.39, 0.29) is 17.3 Å². The van der Waals surface area contributed by atoms with Crippen LogP contribution in [-0.4, -0.2) is 11.1 Å². The summed E-state index contributed by atoms with van der Waals surface area (Å²) in [6.07, 6.45) is -0.412. The first-order valence-electron chi connectivity index (χ1n) is 6.21. The summed E-state index contributed by atoms with van der Waals surface area (Å²) in [5.41, 5.74) is 0.00734. The molecule has 116 valence electrons. The van der Waals surface area contributed by atoms with Crippen molar-refractivity contribution in [2.45, 2.75) is 13.3 Å². The molecule has 0 aliphatic heterocycles. The van der Waals surface area contributed by atoms with Crippen LogP contribution in [0.3, 0.4) is 0 Å². The normalized spacial score (nSPS) is 10.6. The van der Waals surface area contributed by atoms with E-state index in [2.05, 4.69) is 5.32 Å². The van der Waals surface area contributed by atoms with Gasteiger partial charge in [-0.25, -0.2) is 17.6 Å². The van der Waals surface area contributed by atoms with E-state index in [9.17, 15) is 22.4 Å². The van der Waals surface area contributed by atoms with Crippen LogP contribution in [0.2, 0.25) is 0 Å². The molecular weight excluding hydrogens is 302 g/mol. The monoisotopic (exact) mass is 313 g/mol. The van der Waals surface area contributed by atoms with Crippen molar-refractivity contribution in [2.24, 2.45) is 0 Å². The molecule has 0 spiro atoms. The van der Waals surface area contributed by atoms with Gasteiger partial charge in [0.2, 0.25) is 0 Å². The van der Waals surface area contributed by atoms with Crippen molar-refractivity contribution in [1.82, 2.24) is 0 Å². The summed E-state index contributed by atoms with van der Waals surface area (Å²) in [6.45, 7) is 1.71. The molecule has 22 heavy (non-hydrogen) atoms. The smallest absolute Gasteiger partial charge is 0.307 e. The van der Waals surface area contributed by atoms with Crippen molar-refractivity contribution in [3.8, 4) is 0 Å². The predicted octanol–water partition coefficient (Wildman–Crippen LogP) is 3.92. The number of anilines is 2. The second kappa shape index (κ2) is 6.05. The number of benzene rings is 2. The number of hydrogen-bond acceptors (Lipinski definition) is 2. The van der Waals surface area contributed by atoms with Crippen LogP contribution in [0.1, 0.15) is 11.1 Å². The molecule has 0 amide bonds. The van der Waals surface area contributed by atoms with Crippen LogP contribution >= 0.6 is 0 Å². The zero-order valence-corrected chi connectivity index (χ0v) is 11.4. The molecule has 0 saturated heterocycles. The van der Waals surface area contributed by atoms with Crippen molar-refractivity contribution < 1.29 is 27.5 Å². The maximum Gasteiger partial charge on any atom is 0.307 e. The Hall–Kier alpha value is -2.57. The molecule has 0 atom stereocenters. The fourth-order valence-corrected chi connectivity index (χ4v) is 1.97. The van der Waals surface area contributed by atoms with E-state index >= 15 is 0 Å². The first kappa shape index (κ1) is 15.8. The molecule has 0 aliphatic carbocycles. The Morgan fingerprint density at radius 1 is 1.09 bits per heavy atom. The molecule has 7 heteroatoms. The minimum atomic E-state index is -1.58. The van der Waals surface area contributed by atoms with Crippen LogP contribution < -0.4 is 5.32 Å². The SMILES string of the molecule is Cc1ccc(Nc2c(F)c(F)cc(F)c2F)c(CC(=O)O)c1. The number of carboxylic acid groups (broad SMARTS) is 1. The molecule has 2 rings (SSSR count). The van der Waals surface area contributed by atoms with Gasteiger partial charge in [0.05, 0.1) is 6.42 Å². The summed E-state index contributed by atoms with van der Waals surface area (Å²) >= 11 is 0. The number of nitrogens with one attached hydrogen (secondary N) is 1. The Bertz CT molecular complexity index is 721. The Balaban J connectivity index is 2.50. The number of aryl methyl sites for hydroxylation is 1. The molecule has 2 aromatic rings. The third kappa shape index (κ3) is 3.19. The van der Waals surface area contributed by atoms with Crippen LogP contribution in [-0.2, 0) is 11.2 Å². The van der Waals surface area contributed by atoms with Gasteiger partial charge in [0.25, 0.3) is 0 Å². The van der Waals surface area contributed by atoms with Gasteiger partial charge >= 0.3 is 5.97 Å². The Kier molecular flexibility index (Phi) is 4.35. The Morgan fingerprint density at radius 3 is 2.23 bits per heavy atom. The number of rotatable bonds is 4. The molecule has 2 aromatic carbocycles. The van der Waals surface area contributed by atoms with Crippen LogP contribution in [0.15, 0.2) is 24.3 Å². The molecule has 0 aromatic heterocycles. The van der Waals surface area contributed by atoms with Crippen LogP contribution in [0.25, 0.3) is 0 Å². The molecule has 3 nitrogen and oxygen atoms in total. The van der Waals surface area contributed by atoms with Gasteiger partial charge in [-0.2, -0.15) is 0 Å². The lowest BCUT2D eigenvalue weighted by atomic mass is 10.1. The number of carbonyl (C=O) groups is 1. The zero-order valence-electron chi connectivity index (χ0n) is 11.4. The van der Waals surface area contributed by atoms with E-state index in [0.29, 0.717) is 0 Å². The van der Waals surface area contributed by atoms with Crippen molar-refractivity contribution in [3.63, 3.8) is 0 Å². The van der Waals surface area contributed by atoms with Crippen LogP contribution in [0, 0.1) is 30.2 Å². The van der Waals surface area contributed by atoms with E-state index in [1.807, 2.05) is 0 Å². The lowest BCUT2D eigenvalue weighted by Gasteiger charge is -2.14. The summed E-state index contributed by atoms with van der Waals surface area (Å²) in [5.74, 6) is -7.41. The largest absolute Gasteiger partial charge is 0.481 e. The van der Waals surface area contributed by atoms with Crippen LogP contribution in [0.4, 0.5) is 28.9 Å². The number of aliphatic carboxylic acids is 1. The minimum absolute atomic E-state index is 0.0517. The second-order valence-electron chi connectivity index (χ2n) is 4.70. The maximum atomic E-state index is 13.6. The standard InChI is InChI=1S/C15H11F4NO2/c1-7-2-3-11(8(4-7)5-12(21)22)20-15-13(18)9(16)6-10(17)14(15)19/h2-4,6,20H,5H2,1H3,(H,21,22). The zero-order chi connectivity index (χ0) is 16.4. The van der Waals surface area contributed by atoms with Gasteiger partial charge in [0, 0.05) is 11.8 Å². The van der Waals surface area contributed by atoms with Gasteiger partial charge in [0.1, 0.15) is 5.69 Å². The van der Waals surface area contributed by atoms with Crippen molar-refractivity contribution in [2.75, 3.05) is 5.32 Å². The van der Waals surface area contributed by atoms with E-state index < -0.39 is 41.3 Å². The molecule has 0 fully saturated rings. The topological polar surface area (TPSA) is 49.3 Å². The highest BCUT2D eigenvalue weighted by atomic mass is 19.2. The van der Waals surface area contributed by atoms with Gasteiger partial charge in [-0.3, -0.25) is 4.79 Å². The Labute approximate surface area is 123 Å². The molecule has 0 aliphatic rings.